The molecule has 0 bridgehead atoms. The molecule has 0 saturated heterocycles. The molecule has 1 heterocycles. The molecule has 0 spiro atoms. The SMILES string of the molecule is C=CCO[C@@]12Oc3ccc(OC(=O)NCC)cc3[C@H]3[C@H](CCCCO)[C@@H](CCCCO)C=C(C(=NOCc4ccccc4)C[C@@H]1N(C)C(=O)CCCCCCCCCCC)[C@H]32. The zero-order valence-corrected chi connectivity index (χ0v) is 37.2. The first kappa shape index (κ1) is 47.9. The van der Waals surface area contributed by atoms with Crippen molar-refractivity contribution < 1.29 is 38.9 Å². The molecule has 61 heavy (non-hydrogen) atoms. The predicted octanol–water partition coefficient (Wildman–Crippen LogP) is 10.0. The van der Waals surface area contributed by atoms with Gasteiger partial charge >= 0.3 is 6.09 Å². The highest BCUT2D eigenvalue weighted by atomic mass is 16.7. The standard InChI is InChI=1S/C50H73N3O8/c1-5-8-9-10-11-12-13-14-18-27-46(56)53(4)45-35-43(52-59-36-37-23-16-15-17-24-37)41-33-38(25-19-21-30-54)40(26-20-22-31-55)47-42-34-39(60-49(57)51-7-3)28-29-44(42)61-50(45,48(41)47)58-32-6-2/h6,15-17,23-24,28-29,33-34,38,40,45,47-48,54-55H,2,5,7-14,18-22,25-27,30-32,35-36H2,1,3-4H3,(H,51,57)/t38-,40+,45-,47+,48+,50+/m0/s1. The number of nitrogens with one attached hydrogen (secondary N) is 1. The Bertz CT molecular complexity index is 1730. The molecular weight excluding hydrogens is 771 g/mol. The van der Waals surface area contributed by atoms with Crippen LogP contribution >= 0.6 is 0 Å². The van der Waals surface area contributed by atoms with E-state index in [4.69, 9.17) is 24.2 Å². The van der Waals surface area contributed by atoms with Crippen LogP contribution in [-0.2, 0) is 21.0 Å². The second-order valence-electron chi connectivity index (χ2n) is 17.0. The number of aliphatic hydroxyl groups is 2. The lowest BCUT2D eigenvalue weighted by molar-refractivity contribution is -0.255. The Hall–Kier alpha value is -4.19. The Kier molecular flexibility index (Phi) is 19.7. The normalized spacial score (nSPS) is 23.3. The summed E-state index contributed by atoms with van der Waals surface area (Å²) in [6.07, 6.45) is 19.4. The molecule has 0 radical (unpaired) electrons. The number of benzene rings is 2. The number of ether oxygens (including phenoxy) is 3. The largest absolute Gasteiger partial charge is 0.459 e. The van der Waals surface area contributed by atoms with E-state index >= 15 is 0 Å². The maximum Gasteiger partial charge on any atom is 0.412 e. The summed E-state index contributed by atoms with van der Waals surface area (Å²) in [5.41, 5.74) is 3.60. The molecule has 336 valence electrons. The van der Waals surface area contributed by atoms with E-state index < -0.39 is 23.8 Å². The van der Waals surface area contributed by atoms with Crippen LogP contribution < -0.4 is 14.8 Å². The molecule has 11 nitrogen and oxygen atoms in total. The third-order valence-electron chi connectivity index (χ3n) is 12.8. The number of aliphatic hydroxyl groups excluding tert-OH is 2. The minimum absolute atomic E-state index is 0.0281. The monoisotopic (exact) mass is 844 g/mol. The second-order valence-corrected chi connectivity index (χ2v) is 17.0. The van der Waals surface area contributed by atoms with Crippen molar-refractivity contribution in [1.29, 1.82) is 0 Å². The number of likely N-dealkylation sites (N-methyl/N-ethyl adjacent to an activating group) is 1. The first-order valence-corrected chi connectivity index (χ1v) is 23.3. The second kappa shape index (κ2) is 25.1. The average molecular weight is 844 g/mol. The minimum atomic E-state index is -1.33. The lowest BCUT2D eigenvalue weighted by Crippen LogP contribution is -2.69. The molecule has 6 atom stereocenters. The number of fused-ring (bicyclic) bond motifs is 2. The highest BCUT2D eigenvalue weighted by Crippen LogP contribution is 2.61. The van der Waals surface area contributed by atoms with E-state index in [1.165, 1.54) is 38.5 Å². The summed E-state index contributed by atoms with van der Waals surface area (Å²) in [4.78, 5) is 35.1. The summed E-state index contributed by atoms with van der Waals surface area (Å²) in [7, 11) is 1.87. The Morgan fingerprint density at radius 2 is 1.64 bits per heavy atom. The van der Waals surface area contributed by atoms with E-state index in [0.29, 0.717) is 43.7 Å². The smallest absolute Gasteiger partial charge is 0.412 e. The van der Waals surface area contributed by atoms with Gasteiger partial charge in [0.05, 0.1) is 18.2 Å². The number of carbonyl (C=O) groups excluding carboxylic acids is 2. The molecule has 2 aromatic carbocycles. The van der Waals surface area contributed by atoms with Gasteiger partial charge in [0.25, 0.3) is 0 Å². The van der Waals surface area contributed by atoms with Gasteiger partial charge in [0.15, 0.2) is 0 Å². The molecule has 11 heteroatoms. The van der Waals surface area contributed by atoms with Gasteiger partial charge in [-0.2, -0.15) is 0 Å². The van der Waals surface area contributed by atoms with Gasteiger partial charge in [-0.05, 0) is 80.2 Å². The van der Waals surface area contributed by atoms with E-state index in [1.807, 2.05) is 61.3 Å². The molecule has 2 aromatic rings. The van der Waals surface area contributed by atoms with Crippen molar-refractivity contribution in [3.05, 3.63) is 84.0 Å². The number of rotatable bonds is 27. The minimum Gasteiger partial charge on any atom is -0.459 e. The maximum atomic E-state index is 14.4. The van der Waals surface area contributed by atoms with Gasteiger partial charge in [0.2, 0.25) is 11.7 Å². The number of hydrogen-bond donors (Lipinski definition) is 3. The highest BCUT2D eigenvalue weighted by Gasteiger charge is 2.65. The van der Waals surface area contributed by atoms with Gasteiger partial charge in [0.1, 0.15) is 24.1 Å². The molecule has 1 saturated carbocycles. The third kappa shape index (κ3) is 12.7. The van der Waals surface area contributed by atoms with Gasteiger partial charge in [-0.3, -0.25) is 4.79 Å². The van der Waals surface area contributed by atoms with Gasteiger partial charge < -0.3 is 39.5 Å². The molecule has 0 unspecified atom stereocenters. The Balaban J connectivity index is 1.60. The number of nitrogens with zero attached hydrogens (tertiary/aromatic N) is 2. The van der Waals surface area contributed by atoms with Gasteiger partial charge in [-0.15, -0.1) is 6.58 Å². The third-order valence-corrected chi connectivity index (χ3v) is 12.8. The van der Waals surface area contributed by atoms with E-state index in [0.717, 1.165) is 67.4 Å². The van der Waals surface area contributed by atoms with Gasteiger partial charge in [-0.1, -0.05) is 119 Å². The molecule has 3 aliphatic rings. The van der Waals surface area contributed by atoms with Crippen LogP contribution in [0.3, 0.4) is 0 Å². The molecule has 1 aliphatic heterocycles. The van der Waals surface area contributed by atoms with Crippen LogP contribution in [0.25, 0.3) is 0 Å². The first-order chi connectivity index (χ1) is 29.8. The van der Waals surface area contributed by atoms with Crippen molar-refractivity contribution in [1.82, 2.24) is 10.2 Å². The topological polar surface area (TPSA) is 139 Å². The zero-order chi connectivity index (χ0) is 43.5. The molecule has 2 amide bonds. The Labute approximate surface area is 364 Å². The van der Waals surface area contributed by atoms with Crippen LogP contribution in [0, 0.1) is 17.8 Å². The Morgan fingerprint density at radius 3 is 2.33 bits per heavy atom. The lowest BCUT2D eigenvalue weighted by Gasteiger charge is -2.59. The maximum absolute atomic E-state index is 14.4. The summed E-state index contributed by atoms with van der Waals surface area (Å²) < 4.78 is 20.1. The molecule has 2 aliphatic carbocycles. The number of oxime groups is 1. The van der Waals surface area contributed by atoms with Gasteiger partial charge in [-0.25, -0.2) is 4.79 Å². The highest BCUT2D eigenvalue weighted by molar-refractivity contribution is 6.03. The summed E-state index contributed by atoms with van der Waals surface area (Å²) in [6.45, 7) is 9.21. The fraction of sp³-hybridized carbons (Fsp3) is 0.620. The number of carbonyl (C=O) groups is 2. The average Bonchev–Trinajstić information content (AvgIpc) is 3.26. The molecule has 5 rings (SSSR count). The number of unbranched alkanes of at least 4 members (excludes halogenated alkanes) is 10. The molecule has 3 N–H and O–H groups in total. The van der Waals surface area contributed by atoms with Crippen molar-refractivity contribution in [2.45, 2.75) is 147 Å². The first-order valence-electron chi connectivity index (χ1n) is 23.3. The quantitative estimate of drug-likeness (QED) is 0.0459. The lowest BCUT2D eigenvalue weighted by atomic mass is 9.55. The van der Waals surface area contributed by atoms with Crippen LogP contribution in [0.4, 0.5) is 4.79 Å². The molecule has 0 aromatic heterocycles. The van der Waals surface area contributed by atoms with E-state index in [-0.39, 0.29) is 50.1 Å². The summed E-state index contributed by atoms with van der Waals surface area (Å²) in [6, 6.07) is 14.9. The number of hydrogen-bond acceptors (Lipinski definition) is 9. The zero-order valence-electron chi connectivity index (χ0n) is 37.2. The van der Waals surface area contributed by atoms with Crippen LogP contribution in [0.2, 0.25) is 0 Å². The molecular formula is C50H73N3O8. The van der Waals surface area contributed by atoms with Crippen molar-refractivity contribution in [3.63, 3.8) is 0 Å². The van der Waals surface area contributed by atoms with E-state index in [2.05, 4.69) is 24.9 Å². The van der Waals surface area contributed by atoms with Crippen LogP contribution in [-0.4, -0.2) is 78.1 Å². The van der Waals surface area contributed by atoms with Crippen molar-refractivity contribution in [3.8, 4) is 11.5 Å². The van der Waals surface area contributed by atoms with Crippen LogP contribution in [0.5, 0.6) is 11.5 Å². The van der Waals surface area contributed by atoms with Gasteiger partial charge in [0, 0.05) is 51.1 Å². The number of allylic oxidation sites excluding steroid dienone is 1. The van der Waals surface area contributed by atoms with Crippen LogP contribution in [0.1, 0.15) is 140 Å². The number of amides is 2. The van der Waals surface area contributed by atoms with Crippen molar-refractivity contribution in [2.24, 2.45) is 22.9 Å². The Morgan fingerprint density at radius 1 is 0.934 bits per heavy atom. The van der Waals surface area contributed by atoms with Crippen LogP contribution in [0.15, 0.2) is 78.0 Å². The molecule has 1 fully saturated rings. The summed E-state index contributed by atoms with van der Waals surface area (Å²) in [5.74, 6) is -0.800. The fourth-order valence-electron chi connectivity index (χ4n) is 9.77. The van der Waals surface area contributed by atoms with E-state index in [1.54, 1.807) is 12.1 Å². The summed E-state index contributed by atoms with van der Waals surface area (Å²) >= 11 is 0. The summed E-state index contributed by atoms with van der Waals surface area (Å²) in [5, 5.41) is 27.4. The van der Waals surface area contributed by atoms with Crippen molar-refractivity contribution >= 4 is 17.7 Å². The predicted molar refractivity (Wildman–Crippen MR) is 241 cm³/mol. The van der Waals surface area contributed by atoms with E-state index in [9.17, 15) is 19.8 Å². The van der Waals surface area contributed by atoms with Crippen molar-refractivity contribution in [2.75, 3.05) is 33.4 Å². The fourth-order valence-corrected chi connectivity index (χ4v) is 9.77.